The van der Waals surface area contributed by atoms with Gasteiger partial charge in [-0.05, 0) is 51.9 Å². The second kappa shape index (κ2) is 6.91. The lowest BCUT2D eigenvalue weighted by molar-refractivity contribution is -0.0330. The van der Waals surface area contributed by atoms with E-state index in [-0.39, 0.29) is 5.60 Å². The summed E-state index contributed by atoms with van der Waals surface area (Å²) in [4.78, 5) is 0. The summed E-state index contributed by atoms with van der Waals surface area (Å²) in [5, 5.41) is 10.7. The topological polar surface area (TPSA) is 29.5 Å². The van der Waals surface area contributed by atoms with E-state index in [0.29, 0.717) is 0 Å². The first-order valence-corrected chi connectivity index (χ1v) is 7.68. The molecule has 1 rings (SSSR count). The van der Waals surface area contributed by atoms with Crippen molar-refractivity contribution in [2.24, 2.45) is 5.92 Å². The summed E-state index contributed by atoms with van der Waals surface area (Å²) in [7, 11) is 1.76. The van der Waals surface area contributed by atoms with Crippen LogP contribution in [0.5, 0.6) is 0 Å². The Kier molecular flexibility index (Phi) is 6.13. The molecule has 0 bridgehead atoms. The maximum absolute atomic E-state index is 10.7. The fourth-order valence-electron chi connectivity index (χ4n) is 3.04. The van der Waals surface area contributed by atoms with Crippen molar-refractivity contribution < 1.29 is 9.84 Å². The van der Waals surface area contributed by atoms with Gasteiger partial charge in [-0.15, -0.1) is 0 Å². The number of hydrogen-bond donors (Lipinski definition) is 1. The van der Waals surface area contributed by atoms with Gasteiger partial charge in [-0.25, -0.2) is 0 Å². The van der Waals surface area contributed by atoms with Gasteiger partial charge in [0.15, 0.2) is 0 Å². The molecule has 2 atom stereocenters. The van der Waals surface area contributed by atoms with Crippen molar-refractivity contribution in [2.75, 3.05) is 7.11 Å². The molecule has 1 aliphatic rings. The van der Waals surface area contributed by atoms with Gasteiger partial charge >= 0.3 is 0 Å². The molecule has 0 aromatic rings. The summed E-state index contributed by atoms with van der Waals surface area (Å²) in [5.41, 5.74) is -0.539. The molecule has 18 heavy (non-hydrogen) atoms. The first-order valence-electron chi connectivity index (χ1n) is 7.68. The maximum Gasteiger partial charge on any atom is 0.0649 e. The van der Waals surface area contributed by atoms with E-state index in [4.69, 9.17) is 4.74 Å². The molecule has 2 unspecified atom stereocenters. The minimum absolute atomic E-state index is 0.106. The van der Waals surface area contributed by atoms with Gasteiger partial charge in [0.25, 0.3) is 0 Å². The Bertz CT molecular complexity index is 237. The Morgan fingerprint density at radius 2 is 2.00 bits per heavy atom. The van der Waals surface area contributed by atoms with Crippen LogP contribution in [-0.4, -0.2) is 23.4 Å². The second-order valence-electron chi connectivity index (χ2n) is 6.77. The third kappa shape index (κ3) is 5.27. The van der Waals surface area contributed by atoms with Crippen molar-refractivity contribution in [2.45, 2.75) is 89.8 Å². The van der Waals surface area contributed by atoms with Gasteiger partial charge in [0.1, 0.15) is 0 Å². The minimum Gasteiger partial charge on any atom is -0.390 e. The molecule has 1 saturated carbocycles. The monoisotopic (exact) mass is 256 g/mol. The normalized spacial score (nSPS) is 30.2. The van der Waals surface area contributed by atoms with Gasteiger partial charge in [0, 0.05) is 7.11 Å². The van der Waals surface area contributed by atoms with Crippen LogP contribution in [0.3, 0.4) is 0 Å². The van der Waals surface area contributed by atoms with Crippen LogP contribution in [0, 0.1) is 5.92 Å². The van der Waals surface area contributed by atoms with E-state index in [9.17, 15) is 5.11 Å². The summed E-state index contributed by atoms with van der Waals surface area (Å²) in [5.74, 6) is 0.847. The lowest BCUT2D eigenvalue weighted by atomic mass is 9.85. The predicted octanol–water partition coefficient (Wildman–Crippen LogP) is 4.30. The summed E-state index contributed by atoms with van der Waals surface area (Å²) in [6.45, 7) is 6.47. The van der Waals surface area contributed by atoms with Crippen LogP contribution >= 0.6 is 0 Å². The zero-order chi connectivity index (χ0) is 13.6. The first-order chi connectivity index (χ1) is 8.41. The van der Waals surface area contributed by atoms with Crippen molar-refractivity contribution in [1.82, 2.24) is 0 Å². The molecule has 1 N–H and O–H groups in total. The fourth-order valence-corrected chi connectivity index (χ4v) is 3.04. The molecule has 1 aliphatic carbocycles. The number of methoxy groups -OCH3 is 1. The van der Waals surface area contributed by atoms with E-state index in [1.165, 1.54) is 32.1 Å². The Hall–Kier alpha value is -0.0800. The van der Waals surface area contributed by atoms with E-state index in [0.717, 1.165) is 31.6 Å². The third-order valence-corrected chi connectivity index (χ3v) is 4.71. The molecule has 108 valence electrons. The molecule has 0 aliphatic heterocycles. The Balaban J connectivity index is 2.44. The highest BCUT2D eigenvalue weighted by atomic mass is 16.5. The van der Waals surface area contributed by atoms with E-state index in [1.807, 2.05) is 0 Å². The molecule has 0 saturated heterocycles. The number of aliphatic hydroxyl groups is 1. The van der Waals surface area contributed by atoms with Crippen molar-refractivity contribution >= 4 is 0 Å². The van der Waals surface area contributed by atoms with Crippen LogP contribution < -0.4 is 0 Å². The number of ether oxygens (including phenoxy) is 1. The van der Waals surface area contributed by atoms with Gasteiger partial charge in [0.2, 0.25) is 0 Å². The van der Waals surface area contributed by atoms with Gasteiger partial charge in [-0.2, -0.15) is 0 Å². The quantitative estimate of drug-likeness (QED) is 0.718. The Morgan fingerprint density at radius 1 is 1.28 bits per heavy atom. The number of rotatable bonds is 6. The largest absolute Gasteiger partial charge is 0.390 e. The zero-order valence-electron chi connectivity index (χ0n) is 12.8. The van der Waals surface area contributed by atoms with Gasteiger partial charge in [0.05, 0.1) is 11.2 Å². The van der Waals surface area contributed by atoms with Gasteiger partial charge < -0.3 is 9.84 Å². The molecule has 0 heterocycles. The molecule has 0 radical (unpaired) electrons. The SMILES string of the molecule is CCCC1CCCC(O)(CCC(C)(C)OC)CC1. The van der Waals surface area contributed by atoms with E-state index in [1.54, 1.807) is 7.11 Å². The van der Waals surface area contributed by atoms with Crippen molar-refractivity contribution in [3.63, 3.8) is 0 Å². The fraction of sp³-hybridized carbons (Fsp3) is 1.00. The van der Waals surface area contributed by atoms with Crippen LogP contribution in [0.15, 0.2) is 0 Å². The summed E-state index contributed by atoms with van der Waals surface area (Å²) in [6, 6.07) is 0. The van der Waals surface area contributed by atoms with Crippen LogP contribution in [-0.2, 0) is 4.74 Å². The summed E-state index contributed by atoms with van der Waals surface area (Å²) in [6.07, 6.45) is 10.1. The highest BCUT2D eigenvalue weighted by molar-refractivity contribution is 4.85. The van der Waals surface area contributed by atoms with Crippen molar-refractivity contribution in [3.8, 4) is 0 Å². The molecule has 0 aromatic carbocycles. The lowest BCUT2D eigenvalue weighted by Crippen LogP contribution is -2.32. The van der Waals surface area contributed by atoms with Crippen molar-refractivity contribution in [3.05, 3.63) is 0 Å². The third-order valence-electron chi connectivity index (χ3n) is 4.71. The van der Waals surface area contributed by atoms with Crippen molar-refractivity contribution in [1.29, 1.82) is 0 Å². The molecule has 2 nitrogen and oxygen atoms in total. The predicted molar refractivity (Wildman–Crippen MR) is 76.8 cm³/mol. The molecular formula is C16H32O2. The van der Waals surface area contributed by atoms with Gasteiger partial charge in [-0.1, -0.05) is 32.6 Å². The van der Waals surface area contributed by atoms with E-state index >= 15 is 0 Å². The second-order valence-corrected chi connectivity index (χ2v) is 6.77. The standard InChI is InChI=1S/C16H32O2/c1-5-7-14-8-6-10-16(17,11-9-14)13-12-15(2,3)18-4/h14,17H,5-13H2,1-4H3. The maximum atomic E-state index is 10.7. The zero-order valence-corrected chi connectivity index (χ0v) is 12.8. The highest BCUT2D eigenvalue weighted by Gasteiger charge is 2.32. The molecule has 0 spiro atoms. The molecule has 0 aromatic heterocycles. The highest BCUT2D eigenvalue weighted by Crippen LogP contribution is 2.36. The average Bonchev–Trinajstić information content (AvgIpc) is 2.51. The summed E-state index contributed by atoms with van der Waals surface area (Å²) < 4.78 is 5.45. The smallest absolute Gasteiger partial charge is 0.0649 e. The average molecular weight is 256 g/mol. The summed E-state index contributed by atoms with van der Waals surface area (Å²) >= 11 is 0. The molecular weight excluding hydrogens is 224 g/mol. The minimum atomic E-state index is -0.432. The van der Waals surface area contributed by atoms with E-state index in [2.05, 4.69) is 20.8 Å². The van der Waals surface area contributed by atoms with Crippen LogP contribution in [0.1, 0.15) is 78.6 Å². The Morgan fingerprint density at radius 3 is 2.61 bits per heavy atom. The lowest BCUT2D eigenvalue weighted by Gasteiger charge is -2.31. The molecule has 1 fully saturated rings. The molecule has 2 heteroatoms. The Labute approximate surface area is 113 Å². The first kappa shape index (κ1) is 16.0. The van der Waals surface area contributed by atoms with Crippen LogP contribution in [0.2, 0.25) is 0 Å². The van der Waals surface area contributed by atoms with E-state index < -0.39 is 5.60 Å². The van der Waals surface area contributed by atoms with Crippen LogP contribution in [0.4, 0.5) is 0 Å². The van der Waals surface area contributed by atoms with Crippen LogP contribution in [0.25, 0.3) is 0 Å². The number of hydrogen-bond acceptors (Lipinski definition) is 2. The van der Waals surface area contributed by atoms with Gasteiger partial charge in [-0.3, -0.25) is 0 Å². The molecule has 0 amide bonds.